The van der Waals surface area contributed by atoms with Crippen molar-refractivity contribution in [2.75, 3.05) is 57.1 Å². The van der Waals surface area contributed by atoms with E-state index in [2.05, 4.69) is 15.3 Å². The zero-order valence-corrected chi connectivity index (χ0v) is 28.7. The number of rotatable bonds is 9. The van der Waals surface area contributed by atoms with Crippen LogP contribution in [0.25, 0.3) is 10.6 Å². The summed E-state index contributed by atoms with van der Waals surface area (Å²) in [6.45, 7) is 0.701. The Labute approximate surface area is 295 Å². The number of nitrogens with zero attached hydrogens (tertiary/aromatic N) is 4. The normalized spacial score (nSPS) is 18.1. The van der Waals surface area contributed by atoms with Gasteiger partial charge in [-0.05, 0) is 42.2 Å². The van der Waals surface area contributed by atoms with Crippen molar-refractivity contribution in [2.45, 2.75) is 42.9 Å². The number of hydrogen-bond acceptors (Lipinski definition) is 11. The number of hydrogen-bond donors (Lipinski definition) is 1. The summed E-state index contributed by atoms with van der Waals surface area (Å²) < 4.78 is 124. The molecule has 3 aliphatic heterocycles. The Kier molecular flexibility index (Phi) is 10.5. The summed E-state index contributed by atoms with van der Waals surface area (Å²) in [5.74, 6) is -3.56. The van der Waals surface area contributed by atoms with Crippen LogP contribution < -0.4 is 5.32 Å². The lowest BCUT2D eigenvalue weighted by molar-refractivity contribution is -0.186. The minimum absolute atomic E-state index is 0.0325. The molecule has 3 aliphatic rings. The maximum absolute atomic E-state index is 14.2. The van der Waals surface area contributed by atoms with Crippen LogP contribution in [0.5, 0.6) is 0 Å². The van der Waals surface area contributed by atoms with E-state index in [1.54, 1.807) is 0 Å². The number of carbonyl (C=O) groups excluding carboxylic acids is 2. The van der Waals surface area contributed by atoms with Gasteiger partial charge in [-0.25, -0.2) is 18.4 Å². The summed E-state index contributed by atoms with van der Waals surface area (Å²) >= 11 is 6.93. The van der Waals surface area contributed by atoms with E-state index in [4.69, 9.17) is 25.8 Å². The molecule has 12 nitrogen and oxygen atoms in total. The number of nitrogens with one attached hydrogen (secondary N) is 1. The van der Waals surface area contributed by atoms with Crippen molar-refractivity contribution in [2.24, 2.45) is 0 Å². The number of halogens is 7. The molecule has 1 N–H and O–H groups in total. The summed E-state index contributed by atoms with van der Waals surface area (Å²) in [6, 6.07) is 3.80. The molecular weight excluding hydrogens is 756 g/mol. The maximum atomic E-state index is 14.2. The number of carbonyl (C=O) groups is 2. The van der Waals surface area contributed by atoms with E-state index in [9.17, 15) is 44.3 Å². The number of aromatic nitrogens is 2. The van der Waals surface area contributed by atoms with Gasteiger partial charge in [0, 0.05) is 39.0 Å². The first-order valence-corrected chi connectivity index (χ1v) is 18.2. The summed E-state index contributed by atoms with van der Waals surface area (Å²) in [7, 11) is -4.09. The third-order valence-electron chi connectivity index (χ3n) is 8.21. The third-order valence-corrected chi connectivity index (χ3v) is 11.5. The fourth-order valence-corrected chi connectivity index (χ4v) is 8.88. The van der Waals surface area contributed by atoms with Crippen LogP contribution in [0.1, 0.15) is 32.8 Å². The number of alkyl halides is 6. The summed E-state index contributed by atoms with van der Waals surface area (Å²) in [6.07, 6.45) is -9.65. The van der Waals surface area contributed by atoms with E-state index in [1.165, 1.54) is 17.0 Å². The van der Waals surface area contributed by atoms with Gasteiger partial charge in [-0.15, -0.1) is 11.3 Å². The number of fused-ring (bicyclic) bond motifs is 2. The van der Waals surface area contributed by atoms with Crippen molar-refractivity contribution in [3.63, 3.8) is 0 Å². The van der Waals surface area contributed by atoms with Gasteiger partial charge in [0.05, 0.1) is 51.8 Å². The molecule has 0 spiro atoms. The predicted molar refractivity (Wildman–Crippen MR) is 169 cm³/mol. The number of benzene rings is 1. The Hall–Kier alpha value is -3.56. The molecule has 2 amide bonds. The topological polar surface area (TPSA) is 140 Å². The zero-order valence-electron chi connectivity index (χ0n) is 26.3. The van der Waals surface area contributed by atoms with Crippen molar-refractivity contribution in [3.8, 4) is 10.6 Å². The van der Waals surface area contributed by atoms with Crippen LogP contribution in [0.4, 0.5) is 38.0 Å². The van der Waals surface area contributed by atoms with Crippen molar-refractivity contribution in [1.29, 1.82) is 0 Å². The standard InChI is InChI=1S/C30H28ClF6N5O7S2/c31-19-10-16-2-4-42(27(44)30(35,36)37)14-17(16)11-20(19)39-28-38-13-18(29(32,33)34)24(40-28)21-12-22-25(50-21)26(43)41(5-9-51(22,45)46)3-1-6-47-15-23-48-7-8-49-23/h10-13,23H,1-9,14-15H2,(H,38,39,40). The first kappa shape index (κ1) is 37.2. The highest BCUT2D eigenvalue weighted by atomic mass is 35.5. The molecule has 1 saturated heterocycles. The Bertz CT molecular complexity index is 1940. The van der Waals surface area contributed by atoms with E-state index >= 15 is 0 Å². The van der Waals surface area contributed by atoms with Gasteiger partial charge in [0.15, 0.2) is 16.1 Å². The van der Waals surface area contributed by atoms with E-state index in [-0.39, 0.29) is 59.7 Å². The third kappa shape index (κ3) is 8.25. The highest BCUT2D eigenvalue weighted by Gasteiger charge is 2.43. The molecule has 5 heterocycles. The number of anilines is 2. The smallest absolute Gasteiger partial charge is 0.376 e. The molecule has 2 aromatic heterocycles. The van der Waals surface area contributed by atoms with Crippen molar-refractivity contribution in [1.82, 2.24) is 19.8 Å². The Balaban J connectivity index is 1.26. The molecule has 51 heavy (non-hydrogen) atoms. The second-order valence-electron chi connectivity index (χ2n) is 11.7. The van der Waals surface area contributed by atoms with Gasteiger partial charge in [0.25, 0.3) is 5.91 Å². The van der Waals surface area contributed by atoms with Gasteiger partial charge >= 0.3 is 18.3 Å². The predicted octanol–water partition coefficient (Wildman–Crippen LogP) is 5.08. The largest absolute Gasteiger partial charge is 0.471 e. The second kappa shape index (κ2) is 14.5. The summed E-state index contributed by atoms with van der Waals surface area (Å²) in [4.78, 5) is 34.1. The van der Waals surface area contributed by atoms with Crippen LogP contribution in [-0.4, -0.2) is 104 Å². The van der Waals surface area contributed by atoms with Crippen LogP contribution in [0.2, 0.25) is 5.02 Å². The van der Waals surface area contributed by atoms with E-state index in [0.717, 1.165) is 6.07 Å². The van der Waals surface area contributed by atoms with Crippen LogP contribution in [0.3, 0.4) is 0 Å². The van der Waals surface area contributed by atoms with Crippen molar-refractivity contribution < 1.29 is 58.6 Å². The first-order chi connectivity index (χ1) is 24.0. The van der Waals surface area contributed by atoms with E-state index in [1.807, 2.05) is 0 Å². The fraction of sp³-hybridized carbons (Fsp3) is 0.467. The highest BCUT2D eigenvalue weighted by molar-refractivity contribution is 7.91. The fourth-order valence-electron chi connectivity index (χ4n) is 5.70. The average Bonchev–Trinajstić information content (AvgIpc) is 3.74. The van der Waals surface area contributed by atoms with Gasteiger partial charge in [-0.3, -0.25) is 9.59 Å². The van der Waals surface area contributed by atoms with Gasteiger partial charge < -0.3 is 29.3 Å². The molecule has 0 radical (unpaired) electrons. The molecule has 0 bridgehead atoms. The monoisotopic (exact) mass is 783 g/mol. The molecule has 0 atom stereocenters. The number of amides is 2. The maximum Gasteiger partial charge on any atom is 0.471 e. The van der Waals surface area contributed by atoms with E-state index in [0.29, 0.717) is 53.2 Å². The zero-order chi connectivity index (χ0) is 36.7. The van der Waals surface area contributed by atoms with Crippen LogP contribution in [-0.2, 0) is 48.0 Å². The molecule has 1 fully saturated rings. The Morgan fingerprint density at radius 3 is 2.55 bits per heavy atom. The molecule has 0 saturated carbocycles. The number of ether oxygens (including phenoxy) is 3. The summed E-state index contributed by atoms with van der Waals surface area (Å²) in [5, 5.41) is 2.73. The van der Waals surface area contributed by atoms with Gasteiger partial charge in [0.2, 0.25) is 5.95 Å². The molecule has 21 heteroatoms. The highest BCUT2D eigenvalue weighted by Crippen LogP contribution is 2.42. The minimum Gasteiger partial charge on any atom is -0.376 e. The Morgan fingerprint density at radius 2 is 1.84 bits per heavy atom. The molecular formula is C30H28ClF6N5O7S2. The molecule has 0 aliphatic carbocycles. The lowest BCUT2D eigenvalue weighted by Gasteiger charge is -2.30. The van der Waals surface area contributed by atoms with Crippen LogP contribution >= 0.6 is 22.9 Å². The van der Waals surface area contributed by atoms with Gasteiger partial charge in [-0.1, -0.05) is 11.6 Å². The molecule has 1 aromatic carbocycles. The van der Waals surface area contributed by atoms with Gasteiger partial charge in [0.1, 0.15) is 10.4 Å². The molecule has 3 aromatic rings. The van der Waals surface area contributed by atoms with Crippen molar-refractivity contribution in [3.05, 3.63) is 51.0 Å². The quantitative estimate of drug-likeness (QED) is 0.231. The molecule has 276 valence electrons. The van der Waals surface area contributed by atoms with Crippen LogP contribution in [0, 0.1) is 0 Å². The number of sulfone groups is 1. The lowest BCUT2D eigenvalue weighted by Crippen LogP contribution is -2.43. The van der Waals surface area contributed by atoms with Crippen molar-refractivity contribution >= 4 is 56.2 Å². The lowest BCUT2D eigenvalue weighted by atomic mass is 9.99. The van der Waals surface area contributed by atoms with Crippen LogP contribution in [0.15, 0.2) is 29.3 Å². The van der Waals surface area contributed by atoms with Gasteiger partial charge in [-0.2, -0.15) is 26.3 Å². The average molecular weight is 784 g/mol. The summed E-state index contributed by atoms with van der Waals surface area (Å²) in [5.41, 5.74) is -1.10. The molecule has 6 rings (SSSR count). The number of thiophene rings is 1. The SMILES string of the molecule is O=C1c2sc(-c3nc(Nc4cc5c(cc4Cl)CCN(C(=O)C(F)(F)F)C5)ncc3C(F)(F)F)cc2S(=O)(=O)CCN1CCCOCC1OCCO1. The first-order valence-electron chi connectivity index (χ1n) is 15.4. The minimum atomic E-state index is -5.08. The van der Waals surface area contributed by atoms with E-state index < -0.39 is 74.7 Å². The molecule has 0 unspecified atom stereocenters. The second-order valence-corrected chi connectivity index (χ2v) is 15.2. The Morgan fingerprint density at radius 1 is 1.10 bits per heavy atom.